The van der Waals surface area contributed by atoms with E-state index in [-0.39, 0.29) is 12.6 Å². The lowest BCUT2D eigenvalue weighted by Crippen LogP contribution is -2.10. The third-order valence-electron chi connectivity index (χ3n) is 2.16. The van der Waals surface area contributed by atoms with E-state index in [1.807, 2.05) is 0 Å². The van der Waals surface area contributed by atoms with E-state index in [0.29, 0.717) is 19.6 Å². The molecule has 0 radical (unpaired) electrons. The summed E-state index contributed by atoms with van der Waals surface area (Å²) >= 11 is 0. The van der Waals surface area contributed by atoms with Gasteiger partial charge in [-0.1, -0.05) is 38.5 Å². The molecule has 0 fully saturated rings. The molecule has 0 aromatic carbocycles. The number of hydrogen-bond donors (Lipinski definition) is 0. The van der Waals surface area contributed by atoms with E-state index in [0.717, 1.165) is 12.8 Å². The molecular formula is C13H22O3. The first-order valence-electron chi connectivity index (χ1n) is 5.98. The normalized spacial score (nSPS) is 9.75. The molecule has 0 N–H and O–H groups in total. The summed E-state index contributed by atoms with van der Waals surface area (Å²) in [6, 6.07) is 0. The minimum atomic E-state index is -0.138. The van der Waals surface area contributed by atoms with E-state index >= 15 is 0 Å². The number of esters is 1. The number of ether oxygens (including phenoxy) is 2. The summed E-state index contributed by atoms with van der Waals surface area (Å²) in [6.45, 7) is 3.13. The average molecular weight is 226 g/mol. The van der Waals surface area contributed by atoms with Crippen molar-refractivity contribution in [2.75, 3.05) is 19.8 Å². The highest BCUT2D eigenvalue weighted by molar-refractivity contribution is 5.69. The standard InChI is InChI=1S/C13H22O3/c1-3-5-6-7-8-9-13(14)16-12-11-15-10-4-2/h2H,3,5-12H2,1H3. The van der Waals surface area contributed by atoms with Crippen LogP contribution in [-0.2, 0) is 14.3 Å². The van der Waals surface area contributed by atoms with Gasteiger partial charge in [0.2, 0.25) is 0 Å². The second kappa shape index (κ2) is 12.1. The van der Waals surface area contributed by atoms with Gasteiger partial charge >= 0.3 is 5.97 Å². The lowest BCUT2D eigenvalue weighted by Gasteiger charge is -2.04. The van der Waals surface area contributed by atoms with Crippen molar-refractivity contribution in [3.63, 3.8) is 0 Å². The minimum absolute atomic E-state index is 0.138. The number of carbonyl (C=O) groups excluding carboxylic acids is 1. The molecule has 0 aliphatic rings. The predicted octanol–water partition coefficient (Wildman–Crippen LogP) is 2.54. The Kier molecular flexibility index (Phi) is 11.3. The molecule has 0 heterocycles. The molecule has 0 unspecified atom stereocenters. The first-order valence-corrected chi connectivity index (χ1v) is 5.98. The highest BCUT2D eigenvalue weighted by Gasteiger charge is 2.01. The van der Waals surface area contributed by atoms with Crippen molar-refractivity contribution in [3.05, 3.63) is 0 Å². The van der Waals surface area contributed by atoms with Crippen LogP contribution in [0.4, 0.5) is 0 Å². The fourth-order valence-corrected chi connectivity index (χ4v) is 1.29. The van der Waals surface area contributed by atoms with E-state index in [4.69, 9.17) is 15.9 Å². The molecule has 0 rings (SSSR count). The van der Waals surface area contributed by atoms with Crippen LogP contribution in [0.5, 0.6) is 0 Å². The van der Waals surface area contributed by atoms with Crippen LogP contribution < -0.4 is 0 Å². The molecule has 0 aliphatic heterocycles. The molecule has 0 bridgehead atoms. The number of rotatable bonds is 10. The van der Waals surface area contributed by atoms with Gasteiger partial charge in [-0.25, -0.2) is 0 Å². The zero-order valence-electron chi connectivity index (χ0n) is 10.2. The zero-order valence-corrected chi connectivity index (χ0v) is 10.2. The van der Waals surface area contributed by atoms with Gasteiger partial charge in [-0.2, -0.15) is 0 Å². The first kappa shape index (κ1) is 15.0. The Morgan fingerprint density at radius 3 is 2.62 bits per heavy atom. The van der Waals surface area contributed by atoms with Crippen LogP contribution in [0.15, 0.2) is 0 Å². The molecule has 0 atom stereocenters. The average Bonchev–Trinajstić information content (AvgIpc) is 2.28. The maximum absolute atomic E-state index is 11.2. The highest BCUT2D eigenvalue weighted by Crippen LogP contribution is 2.05. The SMILES string of the molecule is C#CCOCCOC(=O)CCCCCCC. The van der Waals surface area contributed by atoms with Crippen LogP contribution in [0, 0.1) is 12.3 Å². The third kappa shape index (κ3) is 11.1. The number of unbranched alkanes of at least 4 members (excludes halogenated alkanes) is 4. The van der Waals surface area contributed by atoms with Crippen molar-refractivity contribution in [1.82, 2.24) is 0 Å². The molecule has 92 valence electrons. The predicted molar refractivity (Wildman–Crippen MR) is 64.0 cm³/mol. The molecule has 0 amide bonds. The summed E-state index contributed by atoms with van der Waals surface area (Å²) in [4.78, 5) is 11.2. The van der Waals surface area contributed by atoms with Gasteiger partial charge < -0.3 is 9.47 Å². The molecule has 0 aromatic heterocycles. The van der Waals surface area contributed by atoms with Crippen LogP contribution in [-0.4, -0.2) is 25.8 Å². The van der Waals surface area contributed by atoms with Crippen molar-refractivity contribution in [2.24, 2.45) is 0 Å². The zero-order chi connectivity index (χ0) is 12.1. The molecule has 0 saturated carbocycles. The van der Waals surface area contributed by atoms with E-state index in [1.165, 1.54) is 19.3 Å². The first-order chi connectivity index (χ1) is 7.81. The van der Waals surface area contributed by atoms with Gasteiger partial charge in [0.25, 0.3) is 0 Å². The van der Waals surface area contributed by atoms with E-state index < -0.39 is 0 Å². The Morgan fingerprint density at radius 1 is 1.19 bits per heavy atom. The van der Waals surface area contributed by atoms with E-state index in [1.54, 1.807) is 0 Å². The van der Waals surface area contributed by atoms with Crippen LogP contribution in [0.25, 0.3) is 0 Å². The Balaban J connectivity index is 3.16. The van der Waals surface area contributed by atoms with Gasteiger partial charge in [-0.15, -0.1) is 6.42 Å². The fourth-order valence-electron chi connectivity index (χ4n) is 1.29. The smallest absolute Gasteiger partial charge is 0.305 e. The summed E-state index contributed by atoms with van der Waals surface area (Å²) in [7, 11) is 0. The van der Waals surface area contributed by atoms with E-state index in [9.17, 15) is 4.79 Å². The van der Waals surface area contributed by atoms with E-state index in [2.05, 4.69) is 12.8 Å². The molecule has 0 aliphatic carbocycles. The maximum Gasteiger partial charge on any atom is 0.305 e. The van der Waals surface area contributed by atoms with Gasteiger partial charge in [0, 0.05) is 6.42 Å². The second-order valence-electron chi connectivity index (χ2n) is 3.64. The summed E-state index contributed by atoms with van der Waals surface area (Å²) in [5.74, 6) is 2.21. The lowest BCUT2D eigenvalue weighted by molar-refractivity contribution is -0.145. The molecule has 16 heavy (non-hydrogen) atoms. The van der Waals surface area contributed by atoms with Crippen molar-refractivity contribution in [2.45, 2.75) is 45.4 Å². The topological polar surface area (TPSA) is 35.5 Å². The Hall–Kier alpha value is -1.01. The van der Waals surface area contributed by atoms with Crippen molar-refractivity contribution < 1.29 is 14.3 Å². The van der Waals surface area contributed by atoms with Gasteiger partial charge in [0.05, 0.1) is 6.61 Å². The molecule has 0 saturated heterocycles. The monoisotopic (exact) mass is 226 g/mol. The van der Waals surface area contributed by atoms with Gasteiger partial charge in [-0.3, -0.25) is 4.79 Å². The highest BCUT2D eigenvalue weighted by atomic mass is 16.6. The largest absolute Gasteiger partial charge is 0.463 e. The van der Waals surface area contributed by atoms with Crippen molar-refractivity contribution in [1.29, 1.82) is 0 Å². The summed E-state index contributed by atoms with van der Waals surface area (Å²) < 4.78 is 9.94. The fraction of sp³-hybridized carbons (Fsp3) is 0.769. The molecular weight excluding hydrogens is 204 g/mol. The number of hydrogen-bond acceptors (Lipinski definition) is 3. The second-order valence-corrected chi connectivity index (χ2v) is 3.64. The Bertz CT molecular complexity index is 206. The van der Waals surface area contributed by atoms with Crippen LogP contribution >= 0.6 is 0 Å². The lowest BCUT2D eigenvalue weighted by atomic mass is 10.1. The summed E-state index contributed by atoms with van der Waals surface area (Å²) in [5, 5.41) is 0. The molecule has 0 spiro atoms. The van der Waals surface area contributed by atoms with Crippen LogP contribution in [0.2, 0.25) is 0 Å². The molecule has 3 heteroatoms. The minimum Gasteiger partial charge on any atom is -0.463 e. The van der Waals surface area contributed by atoms with Crippen molar-refractivity contribution >= 4 is 5.97 Å². The van der Waals surface area contributed by atoms with Crippen molar-refractivity contribution in [3.8, 4) is 12.3 Å². The Morgan fingerprint density at radius 2 is 1.94 bits per heavy atom. The summed E-state index contributed by atoms with van der Waals surface area (Å²) in [5.41, 5.74) is 0. The molecule has 3 nitrogen and oxygen atoms in total. The van der Waals surface area contributed by atoms with Gasteiger partial charge in [0.15, 0.2) is 0 Å². The quantitative estimate of drug-likeness (QED) is 0.326. The summed E-state index contributed by atoms with van der Waals surface area (Å²) in [6.07, 6.45) is 11.2. The van der Waals surface area contributed by atoms with Gasteiger partial charge in [0.1, 0.15) is 13.2 Å². The molecule has 0 aromatic rings. The number of carbonyl (C=O) groups is 1. The van der Waals surface area contributed by atoms with Crippen LogP contribution in [0.1, 0.15) is 45.4 Å². The number of terminal acetylenes is 1. The van der Waals surface area contributed by atoms with Crippen LogP contribution in [0.3, 0.4) is 0 Å². The Labute approximate surface area is 98.5 Å². The maximum atomic E-state index is 11.2. The third-order valence-corrected chi connectivity index (χ3v) is 2.16. The van der Waals surface area contributed by atoms with Gasteiger partial charge in [-0.05, 0) is 6.42 Å².